The van der Waals surface area contributed by atoms with Crippen molar-refractivity contribution in [3.05, 3.63) is 0 Å². The molecule has 2 atom stereocenters. The summed E-state index contributed by atoms with van der Waals surface area (Å²) in [5.74, 6) is 1.55. The first-order valence-corrected chi connectivity index (χ1v) is 7.13. The molecule has 0 saturated carbocycles. The number of rotatable bonds is 4. The lowest BCUT2D eigenvalue weighted by Gasteiger charge is -2.32. The molecule has 0 aromatic rings. The second kappa shape index (κ2) is 6.51. The van der Waals surface area contributed by atoms with E-state index < -0.39 is 0 Å². The molecule has 1 heterocycles. The molecule has 1 aliphatic heterocycles. The van der Waals surface area contributed by atoms with E-state index in [4.69, 9.17) is 0 Å². The van der Waals surface area contributed by atoms with Crippen LogP contribution < -0.4 is 0 Å². The number of likely N-dealkylation sites (tertiary alicyclic amines) is 1. The Kier molecular flexibility index (Phi) is 5.65. The second-order valence-electron chi connectivity index (χ2n) is 4.72. The monoisotopic (exact) mass is 275 g/mol. The highest BCUT2D eigenvalue weighted by atomic mass is 79.9. The Morgan fingerprint density at radius 1 is 1.60 bits per heavy atom. The van der Waals surface area contributed by atoms with Gasteiger partial charge in [-0.1, -0.05) is 36.2 Å². The molecular weight excluding hydrogens is 254 g/mol. The largest absolute Gasteiger partial charge is 0.342 e. The number of nitrogens with zero attached hydrogens (tertiary/aromatic N) is 1. The number of carbonyl (C=O) groups excluding carboxylic acids is 1. The van der Waals surface area contributed by atoms with Crippen molar-refractivity contribution in [3.63, 3.8) is 0 Å². The third-order valence-electron chi connectivity index (χ3n) is 3.31. The molecule has 1 rings (SSSR count). The average Bonchev–Trinajstić information content (AvgIpc) is 2.28. The van der Waals surface area contributed by atoms with Crippen molar-refractivity contribution < 1.29 is 4.79 Å². The third-order valence-corrected chi connectivity index (χ3v) is 4.23. The molecule has 88 valence electrons. The molecule has 1 fully saturated rings. The number of piperidine rings is 1. The molecule has 1 saturated heterocycles. The van der Waals surface area contributed by atoms with Gasteiger partial charge in [-0.05, 0) is 24.7 Å². The fraction of sp³-hybridized carbons (Fsp3) is 0.917. The van der Waals surface area contributed by atoms with Crippen LogP contribution in [0.3, 0.4) is 0 Å². The Hall–Kier alpha value is -0.0500. The predicted octanol–water partition coefficient (Wildman–Crippen LogP) is 3.06. The molecule has 0 N–H and O–H groups in total. The quantitative estimate of drug-likeness (QED) is 0.723. The Balaban J connectivity index is 2.38. The van der Waals surface area contributed by atoms with Crippen LogP contribution >= 0.6 is 15.9 Å². The smallest absolute Gasteiger partial charge is 0.222 e. The number of hydrogen-bond donors (Lipinski definition) is 0. The summed E-state index contributed by atoms with van der Waals surface area (Å²) in [7, 11) is 0. The van der Waals surface area contributed by atoms with Gasteiger partial charge in [0.25, 0.3) is 0 Å². The van der Waals surface area contributed by atoms with Gasteiger partial charge in [0, 0.05) is 24.8 Å². The molecule has 0 bridgehead atoms. The zero-order valence-electron chi connectivity index (χ0n) is 9.84. The van der Waals surface area contributed by atoms with Crippen LogP contribution in [0.5, 0.6) is 0 Å². The Morgan fingerprint density at radius 2 is 2.33 bits per heavy atom. The van der Waals surface area contributed by atoms with Crippen LogP contribution in [0.25, 0.3) is 0 Å². The van der Waals surface area contributed by atoms with E-state index >= 15 is 0 Å². The Bertz CT molecular complexity index is 208. The van der Waals surface area contributed by atoms with Crippen molar-refractivity contribution in [2.75, 3.05) is 18.4 Å². The first-order valence-electron chi connectivity index (χ1n) is 6.01. The maximum atomic E-state index is 11.9. The van der Waals surface area contributed by atoms with Gasteiger partial charge in [0.05, 0.1) is 0 Å². The Labute approximate surface area is 102 Å². The fourth-order valence-electron chi connectivity index (χ4n) is 1.99. The van der Waals surface area contributed by atoms with E-state index in [9.17, 15) is 4.79 Å². The van der Waals surface area contributed by atoms with Gasteiger partial charge in [-0.15, -0.1) is 0 Å². The van der Waals surface area contributed by atoms with Gasteiger partial charge in [-0.25, -0.2) is 0 Å². The van der Waals surface area contributed by atoms with Crippen molar-refractivity contribution >= 4 is 21.8 Å². The average molecular weight is 276 g/mol. The molecular formula is C12H22BrNO. The Morgan fingerprint density at radius 3 is 2.93 bits per heavy atom. The highest BCUT2D eigenvalue weighted by Crippen LogP contribution is 2.20. The number of amides is 1. The summed E-state index contributed by atoms with van der Waals surface area (Å²) in [6.07, 6.45) is 4.26. The molecule has 0 aromatic heterocycles. The number of alkyl halides is 1. The van der Waals surface area contributed by atoms with Crippen LogP contribution in [0.4, 0.5) is 0 Å². The van der Waals surface area contributed by atoms with E-state index in [-0.39, 0.29) is 0 Å². The van der Waals surface area contributed by atoms with Gasteiger partial charge in [0.15, 0.2) is 0 Å². The summed E-state index contributed by atoms with van der Waals surface area (Å²) in [4.78, 5) is 14.0. The zero-order chi connectivity index (χ0) is 11.3. The minimum Gasteiger partial charge on any atom is -0.342 e. The first kappa shape index (κ1) is 13.0. The van der Waals surface area contributed by atoms with Crippen LogP contribution in [0.1, 0.15) is 39.5 Å². The van der Waals surface area contributed by atoms with Crippen molar-refractivity contribution in [3.8, 4) is 0 Å². The molecule has 2 nitrogen and oxygen atoms in total. The van der Waals surface area contributed by atoms with E-state index in [2.05, 4.69) is 34.7 Å². The molecule has 3 heteroatoms. The topological polar surface area (TPSA) is 20.3 Å². The first-order chi connectivity index (χ1) is 7.17. The van der Waals surface area contributed by atoms with E-state index in [0.29, 0.717) is 17.7 Å². The molecule has 2 unspecified atom stereocenters. The van der Waals surface area contributed by atoms with E-state index in [1.165, 1.54) is 12.8 Å². The highest BCUT2D eigenvalue weighted by molar-refractivity contribution is 9.09. The van der Waals surface area contributed by atoms with Gasteiger partial charge in [0.2, 0.25) is 5.91 Å². The molecule has 15 heavy (non-hydrogen) atoms. The van der Waals surface area contributed by atoms with Crippen molar-refractivity contribution in [1.82, 2.24) is 4.90 Å². The SMILES string of the molecule is CCC(C)CC(=O)N1CCCC(CBr)C1. The summed E-state index contributed by atoms with van der Waals surface area (Å²) in [6.45, 7) is 6.23. The van der Waals surface area contributed by atoms with Crippen LogP contribution in [0.2, 0.25) is 0 Å². The summed E-state index contributed by atoms with van der Waals surface area (Å²) in [5, 5.41) is 1.03. The molecule has 1 amide bonds. The van der Waals surface area contributed by atoms with Gasteiger partial charge >= 0.3 is 0 Å². The van der Waals surface area contributed by atoms with Gasteiger partial charge in [0.1, 0.15) is 0 Å². The molecule has 0 radical (unpaired) electrons. The molecule has 0 aromatic carbocycles. The maximum Gasteiger partial charge on any atom is 0.222 e. The van der Waals surface area contributed by atoms with Crippen LogP contribution in [0, 0.1) is 11.8 Å². The van der Waals surface area contributed by atoms with Crippen molar-refractivity contribution in [2.45, 2.75) is 39.5 Å². The molecule has 0 spiro atoms. The van der Waals surface area contributed by atoms with E-state index in [0.717, 1.165) is 31.3 Å². The molecule has 0 aliphatic carbocycles. The fourth-order valence-corrected chi connectivity index (χ4v) is 2.52. The minimum atomic E-state index is 0.356. The molecule has 1 aliphatic rings. The van der Waals surface area contributed by atoms with E-state index in [1.54, 1.807) is 0 Å². The normalized spacial score (nSPS) is 23.9. The summed E-state index contributed by atoms with van der Waals surface area (Å²) >= 11 is 3.51. The van der Waals surface area contributed by atoms with Gasteiger partial charge < -0.3 is 4.90 Å². The maximum absolute atomic E-state index is 11.9. The van der Waals surface area contributed by atoms with Crippen LogP contribution in [-0.4, -0.2) is 29.2 Å². The number of hydrogen-bond acceptors (Lipinski definition) is 1. The van der Waals surface area contributed by atoms with Gasteiger partial charge in [-0.2, -0.15) is 0 Å². The minimum absolute atomic E-state index is 0.356. The second-order valence-corrected chi connectivity index (χ2v) is 5.37. The van der Waals surface area contributed by atoms with Crippen LogP contribution in [-0.2, 0) is 4.79 Å². The summed E-state index contributed by atoms with van der Waals surface area (Å²) < 4.78 is 0. The standard InChI is InChI=1S/C12H22BrNO/c1-3-10(2)7-12(15)14-6-4-5-11(8-13)9-14/h10-11H,3-9H2,1-2H3. The van der Waals surface area contributed by atoms with E-state index in [1.807, 2.05) is 0 Å². The predicted molar refractivity (Wildman–Crippen MR) is 67.2 cm³/mol. The summed E-state index contributed by atoms with van der Waals surface area (Å²) in [6, 6.07) is 0. The summed E-state index contributed by atoms with van der Waals surface area (Å²) in [5.41, 5.74) is 0. The number of carbonyl (C=O) groups is 1. The highest BCUT2D eigenvalue weighted by Gasteiger charge is 2.23. The van der Waals surface area contributed by atoms with Gasteiger partial charge in [-0.3, -0.25) is 4.79 Å². The lowest BCUT2D eigenvalue weighted by atomic mass is 9.98. The zero-order valence-corrected chi connectivity index (χ0v) is 11.4. The lowest BCUT2D eigenvalue weighted by Crippen LogP contribution is -2.40. The number of halogens is 1. The third kappa shape index (κ3) is 4.13. The lowest BCUT2D eigenvalue weighted by molar-refractivity contribution is -0.133. The van der Waals surface area contributed by atoms with Crippen molar-refractivity contribution in [1.29, 1.82) is 0 Å². The van der Waals surface area contributed by atoms with Crippen molar-refractivity contribution in [2.24, 2.45) is 11.8 Å². The van der Waals surface area contributed by atoms with Crippen LogP contribution in [0.15, 0.2) is 0 Å².